The van der Waals surface area contributed by atoms with Crippen molar-refractivity contribution in [2.24, 2.45) is 0 Å². The standard InChI is InChI=1S/C20H19N3O3S/c1-13(24)21-11-14-2-4-15(5-3-14)17-12-27-20(23-17)22-16-6-7-18-19(10-16)26-9-8-25-18/h2-7,10,12H,8-9,11H2,1H3,(H,21,24)(H,22,23). The van der Waals surface area contributed by atoms with Crippen LogP contribution >= 0.6 is 11.3 Å². The molecule has 138 valence electrons. The molecule has 0 unspecified atom stereocenters. The molecule has 1 aliphatic rings. The minimum absolute atomic E-state index is 0.0339. The molecule has 4 rings (SSSR count). The number of hydrogen-bond donors (Lipinski definition) is 2. The average molecular weight is 381 g/mol. The van der Waals surface area contributed by atoms with Gasteiger partial charge in [-0.05, 0) is 17.7 Å². The molecule has 0 spiro atoms. The van der Waals surface area contributed by atoms with Gasteiger partial charge in [-0.3, -0.25) is 4.79 Å². The van der Waals surface area contributed by atoms with Crippen LogP contribution in [0, 0.1) is 0 Å². The third-order valence-electron chi connectivity index (χ3n) is 4.09. The predicted octanol–water partition coefficient (Wildman–Crippen LogP) is 3.96. The fourth-order valence-corrected chi connectivity index (χ4v) is 3.47. The Morgan fingerprint density at radius 1 is 1.11 bits per heavy atom. The molecule has 2 aromatic carbocycles. The van der Waals surface area contributed by atoms with Crippen LogP contribution in [0.4, 0.5) is 10.8 Å². The van der Waals surface area contributed by atoms with Crippen LogP contribution < -0.4 is 20.1 Å². The molecule has 3 aromatic rings. The van der Waals surface area contributed by atoms with Gasteiger partial charge in [0.05, 0.1) is 5.69 Å². The third kappa shape index (κ3) is 4.20. The molecule has 1 aromatic heterocycles. The van der Waals surface area contributed by atoms with E-state index in [4.69, 9.17) is 9.47 Å². The summed E-state index contributed by atoms with van der Waals surface area (Å²) in [6.07, 6.45) is 0. The number of amides is 1. The number of hydrogen-bond acceptors (Lipinski definition) is 6. The first-order chi connectivity index (χ1) is 13.2. The van der Waals surface area contributed by atoms with Gasteiger partial charge in [-0.25, -0.2) is 4.98 Å². The second-order valence-corrected chi connectivity index (χ2v) is 6.99. The molecule has 1 aliphatic heterocycles. The molecule has 0 fully saturated rings. The van der Waals surface area contributed by atoms with Gasteiger partial charge in [0, 0.05) is 36.2 Å². The zero-order chi connectivity index (χ0) is 18.6. The second-order valence-electron chi connectivity index (χ2n) is 6.13. The Bertz CT molecular complexity index is 953. The first-order valence-corrected chi connectivity index (χ1v) is 9.51. The van der Waals surface area contributed by atoms with E-state index in [0.717, 1.165) is 39.1 Å². The van der Waals surface area contributed by atoms with Crippen LogP contribution in [0.15, 0.2) is 47.8 Å². The summed E-state index contributed by atoms with van der Waals surface area (Å²) in [6, 6.07) is 13.8. The molecule has 2 N–H and O–H groups in total. The van der Waals surface area contributed by atoms with E-state index in [2.05, 4.69) is 15.6 Å². The summed E-state index contributed by atoms with van der Waals surface area (Å²) in [5, 5.41) is 8.93. The van der Waals surface area contributed by atoms with Gasteiger partial charge in [-0.1, -0.05) is 24.3 Å². The molecule has 0 aliphatic carbocycles. The van der Waals surface area contributed by atoms with Crippen molar-refractivity contribution in [3.8, 4) is 22.8 Å². The average Bonchev–Trinajstić information content (AvgIpc) is 3.15. The molecule has 0 radical (unpaired) electrons. The molecule has 0 atom stereocenters. The lowest BCUT2D eigenvalue weighted by Gasteiger charge is -2.18. The summed E-state index contributed by atoms with van der Waals surface area (Å²) >= 11 is 1.54. The number of nitrogens with zero attached hydrogens (tertiary/aromatic N) is 1. The van der Waals surface area contributed by atoms with Crippen molar-refractivity contribution in [2.45, 2.75) is 13.5 Å². The van der Waals surface area contributed by atoms with Crippen molar-refractivity contribution < 1.29 is 14.3 Å². The Morgan fingerprint density at radius 2 is 1.89 bits per heavy atom. The van der Waals surface area contributed by atoms with Gasteiger partial charge < -0.3 is 20.1 Å². The molecular weight excluding hydrogens is 362 g/mol. The highest BCUT2D eigenvalue weighted by molar-refractivity contribution is 7.14. The minimum Gasteiger partial charge on any atom is -0.486 e. The molecule has 27 heavy (non-hydrogen) atoms. The van der Waals surface area contributed by atoms with Gasteiger partial charge in [-0.2, -0.15) is 0 Å². The van der Waals surface area contributed by atoms with Gasteiger partial charge in [-0.15, -0.1) is 11.3 Å². The number of aromatic nitrogens is 1. The zero-order valence-corrected chi connectivity index (χ0v) is 15.6. The molecular formula is C20H19N3O3S. The number of thiazole rings is 1. The summed E-state index contributed by atoms with van der Waals surface area (Å²) in [5.74, 6) is 1.48. The Labute approximate surface area is 161 Å². The molecule has 0 bridgehead atoms. The fraction of sp³-hybridized carbons (Fsp3) is 0.200. The van der Waals surface area contributed by atoms with Gasteiger partial charge in [0.1, 0.15) is 13.2 Å². The number of nitrogens with one attached hydrogen (secondary N) is 2. The number of anilines is 2. The summed E-state index contributed by atoms with van der Waals surface area (Å²) in [4.78, 5) is 15.7. The van der Waals surface area contributed by atoms with E-state index in [1.807, 2.05) is 47.8 Å². The van der Waals surface area contributed by atoms with Gasteiger partial charge >= 0.3 is 0 Å². The van der Waals surface area contributed by atoms with Crippen LogP contribution in [0.2, 0.25) is 0 Å². The molecule has 1 amide bonds. The molecule has 0 saturated heterocycles. The third-order valence-corrected chi connectivity index (χ3v) is 4.85. The molecule has 2 heterocycles. The smallest absolute Gasteiger partial charge is 0.217 e. The Hall–Kier alpha value is -3.06. The lowest BCUT2D eigenvalue weighted by Crippen LogP contribution is -2.18. The Kier molecular flexibility index (Phi) is 4.93. The Balaban J connectivity index is 1.44. The summed E-state index contributed by atoms with van der Waals surface area (Å²) < 4.78 is 11.2. The number of fused-ring (bicyclic) bond motifs is 1. The highest BCUT2D eigenvalue weighted by atomic mass is 32.1. The van der Waals surface area contributed by atoms with E-state index in [1.165, 1.54) is 6.92 Å². The SMILES string of the molecule is CC(=O)NCc1ccc(-c2csc(Nc3ccc4c(c3)OCCO4)n2)cc1. The highest BCUT2D eigenvalue weighted by Gasteiger charge is 2.12. The quantitative estimate of drug-likeness (QED) is 0.700. The molecule has 0 saturated carbocycles. The van der Waals surface area contributed by atoms with Gasteiger partial charge in [0.25, 0.3) is 0 Å². The van der Waals surface area contributed by atoms with Crippen molar-refractivity contribution in [1.82, 2.24) is 10.3 Å². The normalized spacial score (nSPS) is 12.5. The largest absolute Gasteiger partial charge is 0.486 e. The van der Waals surface area contributed by atoms with Crippen molar-refractivity contribution in [3.05, 3.63) is 53.4 Å². The topological polar surface area (TPSA) is 72.5 Å². The van der Waals surface area contributed by atoms with E-state index in [0.29, 0.717) is 19.8 Å². The van der Waals surface area contributed by atoms with Crippen LogP contribution in [0.3, 0.4) is 0 Å². The van der Waals surface area contributed by atoms with Gasteiger partial charge in [0.2, 0.25) is 5.91 Å². The maximum atomic E-state index is 11.0. The fourth-order valence-electron chi connectivity index (χ4n) is 2.73. The number of carbonyl (C=O) groups is 1. The predicted molar refractivity (Wildman–Crippen MR) is 106 cm³/mol. The van der Waals surface area contributed by atoms with E-state index >= 15 is 0 Å². The lowest BCUT2D eigenvalue weighted by atomic mass is 10.1. The number of ether oxygens (including phenoxy) is 2. The zero-order valence-electron chi connectivity index (χ0n) is 14.8. The first kappa shape index (κ1) is 17.4. The van der Waals surface area contributed by atoms with E-state index in [-0.39, 0.29) is 5.91 Å². The summed E-state index contributed by atoms with van der Waals surface area (Å²) in [6.45, 7) is 3.19. The van der Waals surface area contributed by atoms with Crippen molar-refractivity contribution in [2.75, 3.05) is 18.5 Å². The minimum atomic E-state index is -0.0339. The number of benzene rings is 2. The molecule has 6 nitrogen and oxygen atoms in total. The van der Waals surface area contributed by atoms with E-state index < -0.39 is 0 Å². The van der Waals surface area contributed by atoms with Crippen molar-refractivity contribution >= 4 is 28.1 Å². The van der Waals surface area contributed by atoms with E-state index in [1.54, 1.807) is 11.3 Å². The maximum Gasteiger partial charge on any atom is 0.217 e. The maximum absolute atomic E-state index is 11.0. The van der Waals surface area contributed by atoms with Crippen LogP contribution in [0.25, 0.3) is 11.3 Å². The monoisotopic (exact) mass is 381 g/mol. The van der Waals surface area contributed by atoms with Crippen LogP contribution in [-0.2, 0) is 11.3 Å². The van der Waals surface area contributed by atoms with Gasteiger partial charge in [0.15, 0.2) is 16.6 Å². The van der Waals surface area contributed by atoms with Crippen molar-refractivity contribution in [1.29, 1.82) is 0 Å². The highest BCUT2D eigenvalue weighted by Crippen LogP contribution is 2.34. The number of rotatable bonds is 5. The first-order valence-electron chi connectivity index (χ1n) is 8.63. The van der Waals surface area contributed by atoms with E-state index in [9.17, 15) is 4.79 Å². The summed E-state index contributed by atoms with van der Waals surface area (Å²) in [5.41, 5.74) is 3.91. The van der Waals surface area contributed by atoms with Crippen LogP contribution in [-0.4, -0.2) is 24.1 Å². The second kappa shape index (κ2) is 7.67. The Morgan fingerprint density at radius 3 is 2.67 bits per heavy atom. The molecule has 7 heteroatoms. The summed E-state index contributed by atoms with van der Waals surface area (Å²) in [7, 11) is 0. The van der Waals surface area contributed by atoms with Crippen LogP contribution in [0.5, 0.6) is 11.5 Å². The number of carbonyl (C=O) groups excluding carboxylic acids is 1. The van der Waals surface area contributed by atoms with Crippen LogP contribution in [0.1, 0.15) is 12.5 Å². The lowest BCUT2D eigenvalue weighted by molar-refractivity contribution is -0.119. The van der Waals surface area contributed by atoms with Crippen molar-refractivity contribution in [3.63, 3.8) is 0 Å².